The van der Waals surface area contributed by atoms with Gasteiger partial charge in [-0.15, -0.1) is 0 Å². The van der Waals surface area contributed by atoms with E-state index in [4.69, 9.17) is 5.73 Å². The summed E-state index contributed by atoms with van der Waals surface area (Å²) in [7, 11) is 0. The van der Waals surface area contributed by atoms with Crippen LogP contribution < -0.4 is 16.7 Å². The Morgan fingerprint density at radius 1 is 1.32 bits per heavy atom. The van der Waals surface area contributed by atoms with E-state index in [0.717, 1.165) is 27.7 Å². The van der Waals surface area contributed by atoms with Crippen LogP contribution in [0.2, 0.25) is 0 Å². The van der Waals surface area contributed by atoms with Crippen molar-refractivity contribution in [3.63, 3.8) is 0 Å². The number of hydrogen-bond donors (Lipinski definition) is 4. The van der Waals surface area contributed by atoms with Gasteiger partial charge >= 0.3 is 5.69 Å². The fraction of sp³-hybridized carbons (Fsp3) is 0.462. The van der Waals surface area contributed by atoms with Gasteiger partial charge in [-0.1, -0.05) is 13.8 Å². The van der Waals surface area contributed by atoms with E-state index in [0.29, 0.717) is 18.4 Å². The van der Waals surface area contributed by atoms with Crippen molar-refractivity contribution in [2.24, 2.45) is 17.6 Å². The standard InChI is InChI=1S/C13H19BrN4O/c1-7(2)8(5-15)6-16-10-4-12-11(3-9(10)14)17-13(19)18-12/h3-4,7-8,16H,5-6,15H2,1-2H3,(H2,17,18,19). The van der Waals surface area contributed by atoms with E-state index in [1.807, 2.05) is 12.1 Å². The third-order valence-electron chi connectivity index (χ3n) is 3.40. The van der Waals surface area contributed by atoms with Gasteiger partial charge < -0.3 is 21.0 Å². The Morgan fingerprint density at radius 3 is 2.53 bits per heavy atom. The molecule has 0 spiro atoms. The van der Waals surface area contributed by atoms with Gasteiger partial charge in [0.25, 0.3) is 0 Å². The number of fused-ring (bicyclic) bond motifs is 1. The van der Waals surface area contributed by atoms with E-state index in [1.54, 1.807) is 0 Å². The first kappa shape index (κ1) is 14.1. The van der Waals surface area contributed by atoms with Gasteiger partial charge in [0, 0.05) is 11.0 Å². The minimum atomic E-state index is -0.193. The Kier molecular flexibility index (Phi) is 4.31. The first-order valence-corrected chi connectivity index (χ1v) is 7.16. The summed E-state index contributed by atoms with van der Waals surface area (Å²) in [6, 6.07) is 3.81. The molecule has 1 aromatic heterocycles. The quantitative estimate of drug-likeness (QED) is 0.679. The molecule has 0 bridgehead atoms. The topological polar surface area (TPSA) is 86.7 Å². The van der Waals surface area contributed by atoms with Crippen LogP contribution in [0.5, 0.6) is 0 Å². The maximum absolute atomic E-state index is 11.2. The van der Waals surface area contributed by atoms with Crippen molar-refractivity contribution < 1.29 is 0 Å². The van der Waals surface area contributed by atoms with E-state index in [2.05, 4.69) is 45.1 Å². The Hall–Kier alpha value is -1.27. The second-order valence-electron chi connectivity index (χ2n) is 5.08. The van der Waals surface area contributed by atoms with Crippen molar-refractivity contribution in [2.45, 2.75) is 13.8 Å². The molecule has 0 amide bonds. The number of aromatic nitrogens is 2. The van der Waals surface area contributed by atoms with E-state index >= 15 is 0 Å². The predicted molar refractivity (Wildman–Crippen MR) is 82.5 cm³/mol. The molecule has 0 fully saturated rings. The van der Waals surface area contributed by atoms with Gasteiger partial charge in [0.05, 0.1) is 16.7 Å². The highest BCUT2D eigenvalue weighted by Crippen LogP contribution is 2.26. The summed E-state index contributed by atoms with van der Waals surface area (Å²) in [6.07, 6.45) is 0. The number of rotatable bonds is 5. The predicted octanol–water partition coefficient (Wildman–Crippen LogP) is 2.26. The molecular formula is C13H19BrN4O. The lowest BCUT2D eigenvalue weighted by atomic mass is 9.96. The molecule has 1 atom stereocenters. The molecule has 5 N–H and O–H groups in total. The van der Waals surface area contributed by atoms with Gasteiger partial charge in [-0.25, -0.2) is 4.79 Å². The highest BCUT2D eigenvalue weighted by atomic mass is 79.9. The van der Waals surface area contributed by atoms with Gasteiger partial charge in [-0.05, 0) is 46.4 Å². The normalized spacial score (nSPS) is 13.1. The van der Waals surface area contributed by atoms with Gasteiger partial charge in [0.2, 0.25) is 0 Å². The fourth-order valence-corrected chi connectivity index (χ4v) is 2.51. The smallest absolute Gasteiger partial charge is 0.323 e. The van der Waals surface area contributed by atoms with E-state index in [1.165, 1.54) is 0 Å². The van der Waals surface area contributed by atoms with Crippen molar-refractivity contribution in [1.29, 1.82) is 0 Å². The summed E-state index contributed by atoms with van der Waals surface area (Å²) < 4.78 is 0.926. The summed E-state index contributed by atoms with van der Waals surface area (Å²) in [6.45, 7) is 5.81. The lowest BCUT2D eigenvalue weighted by Gasteiger charge is -2.20. The van der Waals surface area contributed by atoms with Crippen LogP contribution in [0.25, 0.3) is 11.0 Å². The molecule has 2 rings (SSSR count). The van der Waals surface area contributed by atoms with Gasteiger partial charge in [-0.2, -0.15) is 0 Å². The average Bonchev–Trinajstić information content (AvgIpc) is 2.68. The first-order chi connectivity index (χ1) is 9.01. The molecule has 0 saturated carbocycles. The molecule has 5 nitrogen and oxygen atoms in total. The molecule has 0 saturated heterocycles. The zero-order valence-corrected chi connectivity index (χ0v) is 12.7. The largest absolute Gasteiger partial charge is 0.384 e. The number of hydrogen-bond acceptors (Lipinski definition) is 3. The fourth-order valence-electron chi connectivity index (χ4n) is 2.02. The van der Waals surface area contributed by atoms with E-state index in [-0.39, 0.29) is 5.69 Å². The molecule has 1 aromatic carbocycles. The summed E-state index contributed by atoms with van der Waals surface area (Å²) in [5.41, 5.74) is 8.12. The third-order valence-corrected chi connectivity index (χ3v) is 4.06. The van der Waals surface area contributed by atoms with Crippen LogP contribution in [0, 0.1) is 11.8 Å². The van der Waals surface area contributed by atoms with E-state index in [9.17, 15) is 4.79 Å². The lowest BCUT2D eigenvalue weighted by molar-refractivity contribution is 0.413. The molecule has 104 valence electrons. The van der Waals surface area contributed by atoms with Crippen molar-refractivity contribution in [2.75, 3.05) is 18.4 Å². The number of anilines is 1. The number of halogens is 1. The Bertz CT molecular complexity index is 617. The second-order valence-corrected chi connectivity index (χ2v) is 5.93. The van der Waals surface area contributed by atoms with Crippen molar-refractivity contribution in [3.05, 3.63) is 27.1 Å². The molecule has 1 heterocycles. The molecule has 0 aliphatic carbocycles. The zero-order chi connectivity index (χ0) is 14.0. The molecule has 19 heavy (non-hydrogen) atoms. The highest BCUT2D eigenvalue weighted by molar-refractivity contribution is 9.10. The van der Waals surface area contributed by atoms with Crippen LogP contribution in [-0.2, 0) is 0 Å². The molecule has 0 aliphatic rings. The van der Waals surface area contributed by atoms with Gasteiger partial charge in [-0.3, -0.25) is 0 Å². The Morgan fingerprint density at radius 2 is 1.95 bits per heavy atom. The maximum atomic E-state index is 11.2. The monoisotopic (exact) mass is 326 g/mol. The maximum Gasteiger partial charge on any atom is 0.323 e. The minimum Gasteiger partial charge on any atom is -0.384 e. The number of H-pyrrole nitrogens is 2. The molecular weight excluding hydrogens is 308 g/mol. The summed E-state index contributed by atoms with van der Waals surface area (Å²) >= 11 is 3.51. The van der Waals surface area contributed by atoms with Gasteiger partial charge in [0.15, 0.2) is 0 Å². The van der Waals surface area contributed by atoms with Gasteiger partial charge in [0.1, 0.15) is 0 Å². The van der Waals surface area contributed by atoms with Crippen LogP contribution in [-0.4, -0.2) is 23.1 Å². The molecule has 2 aromatic rings. The van der Waals surface area contributed by atoms with Crippen LogP contribution in [0.1, 0.15) is 13.8 Å². The molecule has 0 radical (unpaired) electrons. The van der Waals surface area contributed by atoms with Crippen LogP contribution >= 0.6 is 15.9 Å². The molecule has 0 aliphatic heterocycles. The van der Waals surface area contributed by atoms with Crippen LogP contribution in [0.4, 0.5) is 5.69 Å². The second kappa shape index (κ2) is 5.79. The number of nitrogens with two attached hydrogens (primary N) is 1. The third kappa shape index (κ3) is 3.19. The minimum absolute atomic E-state index is 0.193. The van der Waals surface area contributed by atoms with Crippen LogP contribution in [0.15, 0.2) is 21.4 Å². The van der Waals surface area contributed by atoms with Crippen molar-refractivity contribution in [3.8, 4) is 0 Å². The Balaban J connectivity index is 2.20. The van der Waals surface area contributed by atoms with Crippen molar-refractivity contribution >= 4 is 32.7 Å². The summed E-state index contributed by atoms with van der Waals surface area (Å²) in [5, 5.41) is 3.38. The SMILES string of the molecule is CC(C)C(CN)CNc1cc2[nH]c(=O)[nH]c2cc1Br. The van der Waals surface area contributed by atoms with Crippen LogP contribution in [0.3, 0.4) is 0 Å². The highest BCUT2D eigenvalue weighted by Gasteiger charge is 2.12. The number of aromatic amines is 2. The first-order valence-electron chi connectivity index (χ1n) is 6.36. The molecule has 1 unspecified atom stereocenters. The Labute approximate surface area is 120 Å². The number of imidazole rings is 1. The van der Waals surface area contributed by atoms with Crippen molar-refractivity contribution in [1.82, 2.24) is 9.97 Å². The average molecular weight is 327 g/mol. The number of benzene rings is 1. The molecule has 6 heteroatoms. The zero-order valence-electron chi connectivity index (χ0n) is 11.1. The lowest BCUT2D eigenvalue weighted by Crippen LogP contribution is -2.27. The summed E-state index contributed by atoms with van der Waals surface area (Å²) in [4.78, 5) is 16.7. The van der Waals surface area contributed by atoms with E-state index < -0.39 is 0 Å². The summed E-state index contributed by atoms with van der Waals surface area (Å²) in [5.74, 6) is 0.958. The number of nitrogens with one attached hydrogen (secondary N) is 3.